The first-order valence-electron chi connectivity index (χ1n) is 8.29. The van der Waals surface area contributed by atoms with Crippen LogP contribution in [0.5, 0.6) is 0 Å². The lowest BCUT2D eigenvalue weighted by atomic mass is 9.98. The molecule has 25 heavy (non-hydrogen) atoms. The summed E-state index contributed by atoms with van der Waals surface area (Å²) in [4.78, 5) is 17.4. The van der Waals surface area contributed by atoms with E-state index in [1.165, 1.54) is 11.8 Å². The molecule has 0 aliphatic rings. The van der Waals surface area contributed by atoms with Crippen molar-refractivity contribution < 1.29 is 9.53 Å². The van der Waals surface area contributed by atoms with Crippen molar-refractivity contribution >= 4 is 23.5 Å². The lowest BCUT2D eigenvalue weighted by Crippen LogP contribution is -2.17. The lowest BCUT2D eigenvalue weighted by Gasteiger charge is -2.14. The number of carbonyl (C=O) groups excluding carboxylic acids is 1. The van der Waals surface area contributed by atoms with Gasteiger partial charge in [0.1, 0.15) is 6.04 Å². The van der Waals surface area contributed by atoms with E-state index in [0.29, 0.717) is 5.92 Å². The molecule has 0 fully saturated rings. The summed E-state index contributed by atoms with van der Waals surface area (Å²) in [6, 6.07) is 14.0. The number of nitrogens with zero attached hydrogens (tertiary/aromatic N) is 2. The van der Waals surface area contributed by atoms with Crippen molar-refractivity contribution in [3.05, 3.63) is 57.8 Å². The molecule has 2 aromatic rings. The zero-order chi connectivity index (χ0) is 18.2. The Labute approximate surface area is 152 Å². The Morgan fingerprint density at radius 3 is 2.48 bits per heavy atom. The van der Waals surface area contributed by atoms with E-state index in [1.807, 2.05) is 23.6 Å². The molecule has 0 aliphatic carbocycles. The van der Waals surface area contributed by atoms with Crippen LogP contribution < -0.4 is 0 Å². The highest BCUT2D eigenvalue weighted by molar-refractivity contribution is 7.10. The van der Waals surface area contributed by atoms with Crippen molar-refractivity contribution in [1.82, 2.24) is 0 Å². The van der Waals surface area contributed by atoms with Gasteiger partial charge < -0.3 is 4.74 Å². The number of hydrogen-bond donors (Lipinski definition) is 0. The van der Waals surface area contributed by atoms with Gasteiger partial charge in [0, 0.05) is 11.1 Å². The molecule has 0 saturated carbocycles. The minimum Gasteiger partial charge on any atom is -0.465 e. The van der Waals surface area contributed by atoms with Crippen molar-refractivity contribution in [3.8, 4) is 6.07 Å². The molecule has 2 rings (SSSR count). The summed E-state index contributed by atoms with van der Waals surface area (Å²) in [5.74, 6) is -1.09. The van der Waals surface area contributed by atoms with Crippen LogP contribution in [-0.2, 0) is 9.53 Å². The lowest BCUT2D eigenvalue weighted by molar-refractivity contribution is -0.143. The molecule has 130 valence electrons. The van der Waals surface area contributed by atoms with E-state index < -0.39 is 11.9 Å². The SMILES string of the molecule is CCOC(=O)[C@H](C#N)C=N[C@H](c1ccc(C(C)C)cc1)c1cccs1. The van der Waals surface area contributed by atoms with Crippen LogP contribution in [0.2, 0.25) is 0 Å². The van der Waals surface area contributed by atoms with E-state index in [-0.39, 0.29) is 12.6 Å². The Balaban J connectivity index is 2.29. The predicted molar refractivity (Wildman–Crippen MR) is 101 cm³/mol. The summed E-state index contributed by atoms with van der Waals surface area (Å²) in [6.07, 6.45) is 1.40. The Kier molecular flexibility index (Phi) is 6.91. The van der Waals surface area contributed by atoms with E-state index in [2.05, 4.69) is 43.1 Å². The van der Waals surface area contributed by atoms with Gasteiger partial charge >= 0.3 is 5.97 Å². The average molecular weight is 354 g/mol. The minimum absolute atomic E-state index is 0.230. The fraction of sp³-hybridized carbons (Fsp3) is 0.350. The average Bonchev–Trinajstić information content (AvgIpc) is 3.13. The largest absolute Gasteiger partial charge is 0.465 e. The standard InChI is InChI=1S/C20H22N2O2S/c1-4-24-20(23)17(12-21)13-22-19(18-6-5-11-25-18)16-9-7-15(8-10-16)14(2)3/h5-11,13-14,17,19H,4H2,1-3H3/t17-,19-/m1/s1. The first-order valence-corrected chi connectivity index (χ1v) is 9.17. The summed E-state index contributed by atoms with van der Waals surface area (Å²) < 4.78 is 4.92. The fourth-order valence-corrected chi connectivity index (χ4v) is 3.18. The Bertz CT molecular complexity index is 743. The molecule has 1 aromatic carbocycles. The maximum absolute atomic E-state index is 11.8. The number of thiophene rings is 1. The second-order valence-corrected chi connectivity index (χ2v) is 6.88. The van der Waals surface area contributed by atoms with E-state index in [9.17, 15) is 10.1 Å². The van der Waals surface area contributed by atoms with Gasteiger partial charge in [-0.2, -0.15) is 5.26 Å². The Morgan fingerprint density at radius 1 is 1.28 bits per heavy atom. The number of nitriles is 1. The van der Waals surface area contributed by atoms with Crippen molar-refractivity contribution in [2.45, 2.75) is 32.7 Å². The van der Waals surface area contributed by atoms with Gasteiger partial charge in [0.05, 0.1) is 12.7 Å². The molecule has 4 nitrogen and oxygen atoms in total. The number of hydrogen-bond acceptors (Lipinski definition) is 5. The Hall–Kier alpha value is -2.45. The Morgan fingerprint density at radius 2 is 1.96 bits per heavy atom. The van der Waals surface area contributed by atoms with Gasteiger partial charge in [-0.3, -0.25) is 9.79 Å². The van der Waals surface area contributed by atoms with Crippen LogP contribution in [0.3, 0.4) is 0 Å². The van der Waals surface area contributed by atoms with Crippen LogP contribution in [0.15, 0.2) is 46.8 Å². The highest BCUT2D eigenvalue weighted by Gasteiger charge is 2.19. The van der Waals surface area contributed by atoms with Gasteiger partial charge in [0.2, 0.25) is 0 Å². The van der Waals surface area contributed by atoms with Crippen LogP contribution in [0.1, 0.15) is 48.7 Å². The van der Waals surface area contributed by atoms with Crippen molar-refractivity contribution in [2.24, 2.45) is 10.9 Å². The zero-order valence-electron chi connectivity index (χ0n) is 14.7. The summed E-state index contributed by atoms with van der Waals surface area (Å²) in [7, 11) is 0. The normalized spacial score (nSPS) is 13.6. The maximum atomic E-state index is 11.8. The first-order chi connectivity index (χ1) is 12.1. The van der Waals surface area contributed by atoms with Gasteiger partial charge in [0.25, 0.3) is 0 Å². The predicted octanol–water partition coefficient (Wildman–Crippen LogP) is 4.73. The quantitative estimate of drug-likeness (QED) is 0.533. The molecule has 0 spiro atoms. The molecule has 1 heterocycles. The van der Waals surface area contributed by atoms with Gasteiger partial charge in [-0.25, -0.2) is 0 Å². The van der Waals surface area contributed by atoms with E-state index in [0.717, 1.165) is 10.4 Å². The molecule has 0 bridgehead atoms. The molecular formula is C20H22N2O2S. The third-order valence-corrected chi connectivity index (χ3v) is 4.72. The molecule has 1 aromatic heterocycles. The van der Waals surface area contributed by atoms with Crippen LogP contribution in [0, 0.1) is 17.2 Å². The molecular weight excluding hydrogens is 332 g/mol. The van der Waals surface area contributed by atoms with E-state index >= 15 is 0 Å². The van der Waals surface area contributed by atoms with Gasteiger partial charge in [0.15, 0.2) is 5.92 Å². The highest BCUT2D eigenvalue weighted by Crippen LogP contribution is 2.30. The zero-order valence-corrected chi connectivity index (χ0v) is 15.5. The maximum Gasteiger partial charge on any atom is 0.328 e. The molecule has 5 heteroatoms. The summed E-state index contributed by atoms with van der Waals surface area (Å²) >= 11 is 1.60. The molecule has 0 N–H and O–H groups in total. The second-order valence-electron chi connectivity index (χ2n) is 5.90. The van der Waals surface area contributed by atoms with Crippen LogP contribution in [0.25, 0.3) is 0 Å². The summed E-state index contributed by atoms with van der Waals surface area (Å²) in [5, 5.41) is 11.2. The summed E-state index contributed by atoms with van der Waals surface area (Å²) in [5.41, 5.74) is 2.29. The van der Waals surface area contributed by atoms with Crippen LogP contribution in [0.4, 0.5) is 0 Å². The third kappa shape index (κ3) is 5.01. The number of carbonyl (C=O) groups is 1. The molecule has 0 aliphatic heterocycles. The van der Waals surface area contributed by atoms with Crippen LogP contribution >= 0.6 is 11.3 Å². The van der Waals surface area contributed by atoms with Crippen molar-refractivity contribution in [3.63, 3.8) is 0 Å². The van der Waals surface area contributed by atoms with Crippen molar-refractivity contribution in [1.29, 1.82) is 5.26 Å². The van der Waals surface area contributed by atoms with E-state index in [1.54, 1.807) is 18.3 Å². The molecule has 0 radical (unpaired) electrons. The molecule has 2 atom stereocenters. The number of esters is 1. The smallest absolute Gasteiger partial charge is 0.328 e. The molecule has 0 unspecified atom stereocenters. The first kappa shape index (κ1) is 18.9. The number of ether oxygens (including phenoxy) is 1. The number of aliphatic imine (C=N–C) groups is 1. The van der Waals surface area contributed by atoms with Gasteiger partial charge in [-0.15, -0.1) is 11.3 Å². The van der Waals surface area contributed by atoms with E-state index in [4.69, 9.17) is 4.74 Å². The topological polar surface area (TPSA) is 62.5 Å². The number of benzene rings is 1. The fourth-order valence-electron chi connectivity index (χ4n) is 2.38. The highest BCUT2D eigenvalue weighted by atomic mass is 32.1. The van der Waals surface area contributed by atoms with Crippen molar-refractivity contribution in [2.75, 3.05) is 6.61 Å². The second kappa shape index (κ2) is 9.14. The number of rotatable bonds is 7. The third-order valence-electron chi connectivity index (χ3n) is 3.80. The monoisotopic (exact) mass is 354 g/mol. The molecule has 0 saturated heterocycles. The minimum atomic E-state index is -0.989. The van der Waals surface area contributed by atoms with Crippen LogP contribution in [-0.4, -0.2) is 18.8 Å². The van der Waals surface area contributed by atoms with Gasteiger partial charge in [-0.1, -0.05) is 44.2 Å². The molecule has 0 amide bonds. The van der Waals surface area contributed by atoms with Gasteiger partial charge in [-0.05, 0) is 35.4 Å². The summed E-state index contributed by atoms with van der Waals surface area (Å²) in [6.45, 7) is 6.27.